The second kappa shape index (κ2) is 10.00. The van der Waals surface area contributed by atoms with E-state index in [-0.39, 0.29) is 6.67 Å². The van der Waals surface area contributed by atoms with Crippen LogP contribution in [0.15, 0.2) is 66.9 Å². The lowest BCUT2D eigenvalue weighted by Gasteiger charge is -2.14. The van der Waals surface area contributed by atoms with Gasteiger partial charge in [-0.05, 0) is 61.7 Å². The Labute approximate surface area is 203 Å². The third kappa shape index (κ3) is 4.33. The molecule has 2 N–H and O–H groups in total. The van der Waals surface area contributed by atoms with Crippen LogP contribution in [0.2, 0.25) is 5.02 Å². The highest BCUT2D eigenvalue weighted by atomic mass is 35.5. The van der Waals surface area contributed by atoms with E-state index in [2.05, 4.69) is 87.7 Å². The molecule has 0 fully saturated rings. The SMILES string of the molecule is Cc1ccccc1-c1c(Cl)c2c3cn[nH]c3ccc2n1Cc1ccc(CCNCCCF)cc1. The molecule has 0 radical (unpaired) electrons. The van der Waals surface area contributed by atoms with Crippen LogP contribution in [0.25, 0.3) is 33.1 Å². The van der Waals surface area contributed by atoms with Gasteiger partial charge in [0.15, 0.2) is 0 Å². The molecule has 0 amide bonds. The van der Waals surface area contributed by atoms with Gasteiger partial charge in [0, 0.05) is 22.9 Å². The number of aromatic amines is 1. The van der Waals surface area contributed by atoms with Crippen molar-refractivity contribution in [1.82, 2.24) is 20.1 Å². The van der Waals surface area contributed by atoms with Gasteiger partial charge in [-0.3, -0.25) is 9.49 Å². The smallest absolute Gasteiger partial charge is 0.0906 e. The molecular weight excluding hydrogens is 447 g/mol. The third-order valence-electron chi connectivity index (χ3n) is 6.43. The summed E-state index contributed by atoms with van der Waals surface area (Å²) in [4.78, 5) is 0. The molecule has 0 unspecified atom stereocenters. The van der Waals surface area contributed by atoms with Crippen LogP contribution in [0.5, 0.6) is 0 Å². The fraction of sp³-hybridized carbons (Fsp3) is 0.250. The van der Waals surface area contributed by atoms with Crippen LogP contribution in [0.3, 0.4) is 0 Å². The summed E-state index contributed by atoms with van der Waals surface area (Å²) in [6.45, 7) is 4.15. The van der Waals surface area contributed by atoms with E-state index in [1.807, 2.05) is 6.20 Å². The Kier molecular flexibility index (Phi) is 6.66. The molecule has 4 nitrogen and oxygen atoms in total. The Hall–Kier alpha value is -3.15. The van der Waals surface area contributed by atoms with Crippen LogP contribution in [-0.4, -0.2) is 34.5 Å². The first-order valence-electron chi connectivity index (χ1n) is 11.7. The Balaban J connectivity index is 1.51. The highest BCUT2D eigenvalue weighted by Gasteiger charge is 2.21. The highest BCUT2D eigenvalue weighted by Crippen LogP contribution is 2.42. The van der Waals surface area contributed by atoms with Crippen molar-refractivity contribution in [1.29, 1.82) is 0 Å². The lowest BCUT2D eigenvalue weighted by Crippen LogP contribution is -2.18. The van der Waals surface area contributed by atoms with Crippen molar-refractivity contribution in [3.8, 4) is 11.3 Å². The summed E-state index contributed by atoms with van der Waals surface area (Å²) in [5.74, 6) is 0. The second-order valence-electron chi connectivity index (χ2n) is 8.71. The number of hydrogen-bond donors (Lipinski definition) is 2. The Morgan fingerprint density at radius 2 is 1.79 bits per heavy atom. The van der Waals surface area contributed by atoms with E-state index in [1.54, 1.807) is 0 Å². The van der Waals surface area contributed by atoms with Gasteiger partial charge in [-0.25, -0.2) is 0 Å². The first kappa shape index (κ1) is 22.6. The van der Waals surface area contributed by atoms with E-state index < -0.39 is 0 Å². The molecule has 0 aliphatic carbocycles. The number of nitrogens with zero attached hydrogens (tertiary/aromatic N) is 2. The maximum atomic E-state index is 12.2. The predicted molar refractivity (Wildman–Crippen MR) is 139 cm³/mol. The zero-order valence-corrected chi connectivity index (χ0v) is 20.0. The van der Waals surface area contributed by atoms with Crippen molar-refractivity contribution in [3.05, 3.63) is 88.6 Å². The number of fused-ring (bicyclic) bond motifs is 3. The number of hydrogen-bond acceptors (Lipinski definition) is 2. The molecule has 0 saturated carbocycles. The summed E-state index contributed by atoms with van der Waals surface area (Å²) >= 11 is 7.10. The van der Waals surface area contributed by atoms with E-state index in [4.69, 9.17) is 11.6 Å². The third-order valence-corrected chi connectivity index (χ3v) is 6.80. The molecule has 5 rings (SSSR count). The molecule has 0 aliphatic heterocycles. The summed E-state index contributed by atoms with van der Waals surface area (Å²) in [6.07, 6.45) is 3.35. The summed E-state index contributed by atoms with van der Waals surface area (Å²) in [5.41, 5.74) is 7.91. The lowest BCUT2D eigenvalue weighted by atomic mass is 10.0. The molecule has 0 aliphatic rings. The van der Waals surface area contributed by atoms with E-state index in [1.165, 1.54) is 16.7 Å². The Morgan fingerprint density at radius 3 is 2.59 bits per heavy atom. The number of aryl methyl sites for hydroxylation is 1. The second-order valence-corrected chi connectivity index (χ2v) is 9.09. The fourth-order valence-corrected chi connectivity index (χ4v) is 5.03. The quantitative estimate of drug-likeness (QED) is 0.234. The largest absolute Gasteiger partial charge is 0.335 e. The number of alkyl halides is 1. The van der Waals surface area contributed by atoms with Crippen molar-refractivity contribution in [2.45, 2.75) is 26.3 Å². The summed E-state index contributed by atoms with van der Waals surface area (Å²) in [5, 5.41) is 13.4. The number of aromatic nitrogens is 3. The Bertz CT molecular complexity index is 1420. The first-order chi connectivity index (χ1) is 16.7. The first-order valence-corrected chi connectivity index (χ1v) is 12.1. The Morgan fingerprint density at radius 1 is 1.00 bits per heavy atom. The molecule has 174 valence electrons. The number of H-pyrrole nitrogens is 1. The zero-order chi connectivity index (χ0) is 23.5. The molecule has 6 heteroatoms. The lowest BCUT2D eigenvalue weighted by molar-refractivity contribution is 0.460. The van der Waals surface area contributed by atoms with Crippen molar-refractivity contribution in [2.75, 3.05) is 19.8 Å². The predicted octanol–water partition coefficient (Wildman–Crippen LogP) is 6.69. The van der Waals surface area contributed by atoms with E-state index in [0.29, 0.717) is 13.0 Å². The van der Waals surface area contributed by atoms with Gasteiger partial charge in [-0.15, -0.1) is 0 Å². The zero-order valence-electron chi connectivity index (χ0n) is 19.2. The molecule has 2 heterocycles. The highest BCUT2D eigenvalue weighted by molar-refractivity contribution is 6.40. The van der Waals surface area contributed by atoms with Gasteiger partial charge < -0.3 is 9.88 Å². The minimum Gasteiger partial charge on any atom is -0.335 e. The van der Waals surface area contributed by atoms with Crippen LogP contribution in [0.1, 0.15) is 23.1 Å². The van der Waals surface area contributed by atoms with Gasteiger partial charge >= 0.3 is 0 Å². The molecule has 34 heavy (non-hydrogen) atoms. The average molecular weight is 475 g/mol. The topological polar surface area (TPSA) is 45.6 Å². The molecule has 3 aromatic carbocycles. The van der Waals surface area contributed by atoms with Gasteiger partial charge in [-0.2, -0.15) is 5.10 Å². The van der Waals surface area contributed by atoms with Crippen LogP contribution >= 0.6 is 11.6 Å². The van der Waals surface area contributed by atoms with E-state index >= 15 is 0 Å². The van der Waals surface area contributed by atoms with Crippen LogP contribution in [-0.2, 0) is 13.0 Å². The van der Waals surface area contributed by atoms with Crippen molar-refractivity contribution in [2.24, 2.45) is 0 Å². The van der Waals surface area contributed by atoms with Crippen molar-refractivity contribution < 1.29 is 4.39 Å². The monoisotopic (exact) mass is 474 g/mol. The van der Waals surface area contributed by atoms with Gasteiger partial charge in [-0.1, -0.05) is 60.1 Å². The van der Waals surface area contributed by atoms with E-state index in [0.717, 1.165) is 57.6 Å². The number of nitrogens with one attached hydrogen (secondary N) is 2. The van der Waals surface area contributed by atoms with Crippen LogP contribution in [0.4, 0.5) is 4.39 Å². The van der Waals surface area contributed by atoms with Crippen LogP contribution in [0, 0.1) is 6.92 Å². The van der Waals surface area contributed by atoms with Gasteiger partial charge in [0.25, 0.3) is 0 Å². The normalized spacial score (nSPS) is 11.6. The molecule has 2 aromatic heterocycles. The van der Waals surface area contributed by atoms with Crippen molar-refractivity contribution in [3.63, 3.8) is 0 Å². The number of rotatable bonds is 9. The fourth-order valence-electron chi connectivity index (χ4n) is 4.63. The van der Waals surface area contributed by atoms with Gasteiger partial charge in [0.2, 0.25) is 0 Å². The number of benzene rings is 3. The minimum absolute atomic E-state index is 0.267. The molecule has 0 saturated heterocycles. The maximum Gasteiger partial charge on any atom is 0.0906 e. The van der Waals surface area contributed by atoms with Crippen LogP contribution < -0.4 is 5.32 Å². The number of halogens is 2. The maximum absolute atomic E-state index is 12.2. The van der Waals surface area contributed by atoms with Gasteiger partial charge in [0.1, 0.15) is 0 Å². The minimum atomic E-state index is -0.267. The molecule has 0 atom stereocenters. The average Bonchev–Trinajstić information content (AvgIpc) is 3.43. The molecular formula is C28H28ClFN4. The molecule has 0 bridgehead atoms. The van der Waals surface area contributed by atoms with Crippen molar-refractivity contribution >= 4 is 33.4 Å². The van der Waals surface area contributed by atoms with E-state index in [9.17, 15) is 4.39 Å². The standard InChI is InChI=1S/C28H28ClFN4/c1-19-5-2-3-6-22(19)28-27(29)26-23-17-32-33-24(23)11-12-25(26)34(28)18-21-9-7-20(8-10-21)13-16-31-15-4-14-30/h2-3,5-12,17,31H,4,13-16,18H2,1H3,(H,32,33). The summed E-state index contributed by atoms with van der Waals surface area (Å²) in [6, 6.07) is 21.3. The van der Waals surface area contributed by atoms with Gasteiger partial charge in [0.05, 0.1) is 34.6 Å². The molecule has 0 spiro atoms. The summed E-state index contributed by atoms with van der Waals surface area (Å²) in [7, 11) is 0. The summed E-state index contributed by atoms with van der Waals surface area (Å²) < 4.78 is 14.5. The molecule has 5 aromatic rings.